The normalized spacial score (nSPS) is 55.6. The van der Waals surface area contributed by atoms with Crippen LogP contribution >= 0.6 is 0 Å². The Morgan fingerprint density at radius 3 is 2.44 bits per heavy atom. The minimum absolute atomic E-state index is 0.240. The predicted octanol–water partition coefficient (Wildman–Crippen LogP) is 4.85. The summed E-state index contributed by atoms with van der Waals surface area (Å²) in [4.78, 5) is 0. The van der Waals surface area contributed by atoms with Crippen molar-refractivity contribution in [3.8, 4) is 0 Å². The summed E-state index contributed by atoms with van der Waals surface area (Å²) in [6.45, 7) is 13.9. The molecule has 1 saturated heterocycles. The molecule has 0 bridgehead atoms. The fraction of sp³-hybridized carbons (Fsp3) is 0.929. The van der Waals surface area contributed by atoms with Crippen molar-refractivity contribution in [2.24, 2.45) is 40.4 Å². The number of rotatable bonds is 4. The van der Waals surface area contributed by atoms with Crippen LogP contribution in [0.1, 0.15) is 92.9 Å². The van der Waals surface area contributed by atoms with Gasteiger partial charge in [-0.25, -0.2) is 0 Å². The van der Waals surface area contributed by atoms with E-state index in [1.54, 1.807) is 0 Å². The first kappa shape index (κ1) is 23.3. The molecule has 0 aromatic carbocycles. The van der Waals surface area contributed by atoms with Gasteiger partial charge in [-0.3, -0.25) is 0 Å². The van der Waals surface area contributed by atoms with Gasteiger partial charge in [0.25, 0.3) is 0 Å². The maximum atomic E-state index is 11.7. The number of aliphatic hydroxyl groups is 3. The number of fused-ring (bicyclic) bond motifs is 3. The summed E-state index contributed by atoms with van der Waals surface area (Å²) >= 11 is 0. The maximum absolute atomic E-state index is 11.7. The zero-order chi connectivity index (χ0) is 23.3. The lowest BCUT2D eigenvalue weighted by molar-refractivity contribution is -0.246. The van der Waals surface area contributed by atoms with Gasteiger partial charge in [0.2, 0.25) is 0 Å². The molecule has 182 valence electrons. The molecule has 32 heavy (non-hydrogen) atoms. The van der Waals surface area contributed by atoms with E-state index in [1.807, 2.05) is 0 Å². The third kappa shape index (κ3) is 2.82. The topological polar surface area (TPSA) is 73.2 Å². The van der Waals surface area contributed by atoms with Crippen molar-refractivity contribution < 1.29 is 20.1 Å². The van der Waals surface area contributed by atoms with Crippen LogP contribution in [0.15, 0.2) is 11.6 Å². The number of aliphatic hydroxyl groups excluding tert-OH is 2. The second-order valence-corrected chi connectivity index (χ2v) is 13.2. The van der Waals surface area contributed by atoms with Crippen LogP contribution in [-0.4, -0.2) is 44.8 Å². The largest absolute Gasteiger partial charge is 0.393 e. The molecule has 11 atom stereocenters. The van der Waals surface area contributed by atoms with Gasteiger partial charge < -0.3 is 20.1 Å². The minimum Gasteiger partial charge on any atom is -0.393 e. The van der Waals surface area contributed by atoms with E-state index in [0.29, 0.717) is 30.1 Å². The summed E-state index contributed by atoms with van der Waals surface area (Å²) in [6, 6.07) is 0. The van der Waals surface area contributed by atoms with Crippen LogP contribution in [0.2, 0.25) is 0 Å². The Morgan fingerprint density at radius 2 is 1.75 bits per heavy atom. The van der Waals surface area contributed by atoms with E-state index in [0.717, 1.165) is 19.3 Å². The lowest BCUT2D eigenvalue weighted by atomic mass is 9.42. The fourth-order valence-corrected chi connectivity index (χ4v) is 9.43. The van der Waals surface area contributed by atoms with Crippen molar-refractivity contribution >= 4 is 0 Å². The summed E-state index contributed by atoms with van der Waals surface area (Å²) in [7, 11) is 0. The number of allylic oxidation sites excluding steroid dienone is 2. The quantitative estimate of drug-likeness (QED) is 0.426. The fourth-order valence-electron chi connectivity index (χ4n) is 9.43. The van der Waals surface area contributed by atoms with Gasteiger partial charge in [-0.15, -0.1) is 0 Å². The summed E-state index contributed by atoms with van der Waals surface area (Å²) in [5.74, 6) is 2.68. The van der Waals surface area contributed by atoms with E-state index < -0.39 is 17.8 Å². The van der Waals surface area contributed by atoms with Gasteiger partial charge in [-0.05, 0) is 86.9 Å². The Bertz CT molecular complexity index is 792. The molecule has 4 heteroatoms. The first-order valence-corrected chi connectivity index (χ1v) is 13.3. The van der Waals surface area contributed by atoms with Crippen molar-refractivity contribution in [1.82, 2.24) is 0 Å². The molecule has 3 N–H and O–H groups in total. The molecule has 0 aromatic rings. The van der Waals surface area contributed by atoms with Crippen molar-refractivity contribution in [3.05, 3.63) is 11.6 Å². The second kappa shape index (κ2) is 7.29. The Balaban J connectivity index is 1.43. The van der Waals surface area contributed by atoms with Gasteiger partial charge in [0.15, 0.2) is 0 Å². The molecule has 0 aromatic heterocycles. The lowest BCUT2D eigenvalue weighted by Gasteiger charge is -2.63. The van der Waals surface area contributed by atoms with Crippen LogP contribution in [0.4, 0.5) is 0 Å². The van der Waals surface area contributed by atoms with Crippen LogP contribution in [0, 0.1) is 40.4 Å². The van der Waals surface area contributed by atoms with Gasteiger partial charge in [0, 0.05) is 11.8 Å². The molecule has 0 radical (unpaired) electrons. The average Bonchev–Trinajstić information content (AvgIpc) is 3.34. The van der Waals surface area contributed by atoms with Crippen LogP contribution in [0.3, 0.4) is 0 Å². The number of epoxide rings is 1. The predicted molar refractivity (Wildman–Crippen MR) is 126 cm³/mol. The molecule has 1 heterocycles. The first-order chi connectivity index (χ1) is 14.9. The van der Waals surface area contributed by atoms with Crippen molar-refractivity contribution in [1.29, 1.82) is 0 Å². The molecule has 5 aliphatic rings. The van der Waals surface area contributed by atoms with Crippen LogP contribution in [0.25, 0.3) is 0 Å². The number of hydrogen-bond donors (Lipinski definition) is 3. The second-order valence-electron chi connectivity index (χ2n) is 13.2. The Labute approximate surface area is 194 Å². The number of ether oxygens (including phenoxy) is 1. The molecule has 1 spiro atoms. The summed E-state index contributed by atoms with van der Waals surface area (Å²) < 4.78 is 6.57. The number of hydrogen-bond acceptors (Lipinski definition) is 4. The summed E-state index contributed by atoms with van der Waals surface area (Å²) in [5, 5.41) is 33.4. The van der Waals surface area contributed by atoms with E-state index in [1.165, 1.54) is 24.8 Å². The average molecular weight is 447 g/mol. The monoisotopic (exact) mass is 446 g/mol. The molecule has 4 aliphatic carbocycles. The summed E-state index contributed by atoms with van der Waals surface area (Å²) in [5.41, 5.74) is -0.164. The summed E-state index contributed by atoms with van der Waals surface area (Å²) in [6.07, 6.45) is 8.36. The smallest absolute Gasteiger partial charge is 0.117 e. The van der Waals surface area contributed by atoms with E-state index in [9.17, 15) is 15.3 Å². The molecule has 5 fully saturated rings. The molecule has 5 rings (SSSR count). The molecule has 0 amide bonds. The van der Waals surface area contributed by atoms with Gasteiger partial charge in [0.05, 0.1) is 6.10 Å². The van der Waals surface area contributed by atoms with Crippen LogP contribution in [-0.2, 0) is 4.74 Å². The van der Waals surface area contributed by atoms with Gasteiger partial charge in [0.1, 0.15) is 23.4 Å². The van der Waals surface area contributed by atoms with Crippen molar-refractivity contribution in [2.45, 2.75) is 122 Å². The minimum atomic E-state index is -1.24. The third-order valence-electron chi connectivity index (χ3n) is 11.7. The maximum Gasteiger partial charge on any atom is 0.117 e. The van der Waals surface area contributed by atoms with E-state index in [-0.39, 0.29) is 34.9 Å². The van der Waals surface area contributed by atoms with Gasteiger partial charge >= 0.3 is 0 Å². The highest BCUT2D eigenvalue weighted by Crippen LogP contribution is 2.76. The zero-order valence-electron chi connectivity index (χ0n) is 21.1. The Kier molecular flexibility index (Phi) is 5.31. The van der Waals surface area contributed by atoms with Crippen molar-refractivity contribution in [3.63, 3.8) is 0 Å². The SMILES string of the molecule is C/C(=C\CC(C)[C@H]1CCC2C34OC3C(O)C3(O)C[C@@H](O)CC[C@]3(C)C4CC[C@@]21C)C(C)C. The standard InChI is InChI=1S/C28H46O4/c1-16(2)17(3)7-8-18(4)20-9-10-21-25(20,5)13-12-22-26(6)14-11-19(29)15-27(26,31)23(30)24-28(21,22)32-24/h7,16,18-24,29-31H,8-15H2,1-6H3/b17-7+/t18?,19-,20+,21?,22?,23?,24?,25+,26+,27?,28?/m0/s1. The molecule has 4 nitrogen and oxygen atoms in total. The molecule has 4 saturated carbocycles. The lowest BCUT2D eigenvalue weighted by Crippen LogP contribution is -2.72. The molecule has 1 aliphatic heterocycles. The van der Waals surface area contributed by atoms with Crippen molar-refractivity contribution in [2.75, 3.05) is 0 Å². The van der Waals surface area contributed by atoms with Gasteiger partial charge in [-0.1, -0.05) is 46.3 Å². The van der Waals surface area contributed by atoms with E-state index >= 15 is 0 Å². The van der Waals surface area contributed by atoms with E-state index in [2.05, 4.69) is 47.6 Å². The van der Waals surface area contributed by atoms with E-state index in [4.69, 9.17) is 4.74 Å². The molecular weight excluding hydrogens is 400 g/mol. The third-order valence-corrected chi connectivity index (χ3v) is 11.7. The highest BCUT2D eigenvalue weighted by molar-refractivity contribution is 5.32. The Hall–Kier alpha value is -0.420. The Morgan fingerprint density at radius 1 is 1.03 bits per heavy atom. The van der Waals surface area contributed by atoms with Gasteiger partial charge in [-0.2, -0.15) is 0 Å². The van der Waals surface area contributed by atoms with Crippen LogP contribution in [0.5, 0.6) is 0 Å². The molecular formula is C28H46O4. The highest BCUT2D eigenvalue weighted by Gasteiger charge is 2.84. The molecule has 7 unspecified atom stereocenters. The zero-order valence-corrected chi connectivity index (χ0v) is 21.1. The van der Waals surface area contributed by atoms with Crippen LogP contribution < -0.4 is 0 Å². The first-order valence-electron chi connectivity index (χ1n) is 13.3. The highest BCUT2D eigenvalue weighted by atomic mass is 16.6.